The molecule has 118 valence electrons. The molecule has 0 aliphatic heterocycles. The van der Waals surface area contributed by atoms with Gasteiger partial charge in [-0.15, -0.1) is 0 Å². The van der Waals surface area contributed by atoms with E-state index in [1.165, 1.54) is 6.07 Å². The number of rotatable bonds is 5. The molecule has 0 aliphatic carbocycles. The lowest BCUT2D eigenvalue weighted by molar-refractivity contribution is -0.137. The number of ether oxygens (including phenoxy) is 1. The minimum absolute atomic E-state index is 0.172. The highest BCUT2D eigenvalue weighted by Crippen LogP contribution is 2.33. The molecule has 4 N–H and O–H groups in total. The Morgan fingerprint density at radius 1 is 1.43 bits per heavy atom. The van der Waals surface area contributed by atoms with Gasteiger partial charge in [-0.05, 0) is 40.5 Å². The Labute approximate surface area is 128 Å². The van der Waals surface area contributed by atoms with Gasteiger partial charge in [0.25, 0.3) is 0 Å². The average molecular weight is 369 g/mol. The van der Waals surface area contributed by atoms with Crippen LogP contribution in [0.5, 0.6) is 0 Å². The second-order valence-corrected chi connectivity index (χ2v) is 4.89. The maximum Gasteiger partial charge on any atom is 0.416 e. The molecule has 0 saturated carbocycles. The molecule has 1 aromatic carbocycles. The van der Waals surface area contributed by atoms with Gasteiger partial charge in [0.15, 0.2) is 0 Å². The van der Waals surface area contributed by atoms with Crippen molar-refractivity contribution < 1.29 is 17.9 Å². The molecule has 0 spiro atoms. The number of anilines is 1. The Balaban J connectivity index is 2.84. The number of methoxy groups -OCH3 is 1. The van der Waals surface area contributed by atoms with E-state index in [4.69, 9.17) is 10.6 Å². The number of hydrogen-bond acceptors (Lipinski definition) is 3. The number of hydrazine groups is 1. The van der Waals surface area contributed by atoms with Gasteiger partial charge in [-0.2, -0.15) is 13.2 Å². The van der Waals surface area contributed by atoms with E-state index >= 15 is 0 Å². The zero-order valence-electron chi connectivity index (χ0n) is 11.3. The number of hydrogen-bond donors (Lipinski definition) is 3. The summed E-state index contributed by atoms with van der Waals surface area (Å²) in [6.45, 7) is 0.964. The van der Waals surface area contributed by atoms with Crippen molar-refractivity contribution in [2.75, 3.05) is 25.6 Å². The van der Waals surface area contributed by atoms with E-state index in [0.717, 1.165) is 12.1 Å². The normalized spacial score (nSPS) is 12.4. The van der Waals surface area contributed by atoms with Crippen LogP contribution in [0.3, 0.4) is 0 Å². The molecule has 0 radical (unpaired) electrons. The molecule has 5 nitrogen and oxygen atoms in total. The van der Waals surface area contributed by atoms with Crippen LogP contribution in [0.2, 0.25) is 0 Å². The molecule has 0 unspecified atom stereocenters. The van der Waals surface area contributed by atoms with E-state index in [-0.39, 0.29) is 11.6 Å². The first-order chi connectivity index (χ1) is 9.88. The third-order valence-corrected chi connectivity index (χ3v) is 3.15. The van der Waals surface area contributed by atoms with Gasteiger partial charge in [0.2, 0.25) is 5.96 Å². The number of alkyl halides is 3. The number of nitrogens with two attached hydrogens (primary N) is 1. The molecule has 0 saturated heterocycles. The van der Waals surface area contributed by atoms with Crippen molar-refractivity contribution in [2.24, 2.45) is 10.8 Å². The lowest BCUT2D eigenvalue weighted by Gasteiger charge is -2.13. The number of guanidine groups is 1. The molecule has 1 rings (SSSR count). The van der Waals surface area contributed by atoms with Gasteiger partial charge in [-0.3, -0.25) is 10.4 Å². The second kappa shape index (κ2) is 8.20. The highest BCUT2D eigenvalue weighted by atomic mass is 79.9. The zero-order valence-corrected chi connectivity index (χ0v) is 12.9. The van der Waals surface area contributed by atoms with Crippen molar-refractivity contribution in [1.82, 2.24) is 5.43 Å². The van der Waals surface area contributed by atoms with Crippen molar-refractivity contribution in [2.45, 2.75) is 12.6 Å². The molecule has 0 amide bonds. The Hall–Kier alpha value is -1.32. The van der Waals surface area contributed by atoms with Crippen LogP contribution in [0, 0.1) is 0 Å². The maximum atomic E-state index is 12.7. The summed E-state index contributed by atoms with van der Waals surface area (Å²) in [5.41, 5.74) is 1.76. The largest absolute Gasteiger partial charge is 0.416 e. The standard InChI is InChI=1S/C12H16BrF3N4O/c1-21-6-2-5-18-11(20-17)19-10-7-8(12(14,15)16)3-4-9(10)13/h3-4,7H,2,5-6,17H2,1H3,(H2,18,19,20). The predicted octanol–water partition coefficient (Wildman–Crippen LogP) is 2.74. The minimum atomic E-state index is -4.41. The molecular formula is C12H16BrF3N4O. The van der Waals surface area contributed by atoms with E-state index in [1.807, 2.05) is 0 Å². The van der Waals surface area contributed by atoms with E-state index in [9.17, 15) is 13.2 Å². The van der Waals surface area contributed by atoms with Crippen LogP contribution in [0.4, 0.5) is 18.9 Å². The van der Waals surface area contributed by atoms with E-state index in [1.54, 1.807) is 7.11 Å². The van der Waals surface area contributed by atoms with Crippen LogP contribution in [0.25, 0.3) is 0 Å². The molecule has 1 aromatic rings. The van der Waals surface area contributed by atoms with Crippen LogP contribution >= 0.6 is 15.9 Å². The van der Waals surface area contributed by atoms with Gasteiger partial charge >= 0.3 is 6.18 Å². The molecular weight excluding hydrogens is 353 g/mol. The van der Waals surface area contributed by atoms with Gasteiger partial charge < -0.3 is 10.1 Å². The first kappa shape index (κ1) is 17.7. The smallest absolute Gasteiger partial charge is 0.385 e. The van der Waals surface area contributed by atoms with E-state index in [2.05, 4.69) is 31.7 Å². The van der Waals surface area contributed by atoms with Crippen LogP contribution in [0.15, 0.2) is 27.7 Å². The molecule has 21 heavy (non-hydrogen) atoms. The lowest BCUT2D eigenvalue weighted by Crippen LogP contribution is -2.36. The van der Waals surface area contributed by atoms with Gasteiger partial charge in [-0.1, -0.05) is 0 Å². The van der Waals surface area contributed by atoms with Crippen molar-refractivity contribution in [3.63, 3.8) is 0 Å². The Kier molecular flexibility index (Phi) is 6.93. The Morgan fingerprint density at radius 3 is 2.71 bits per heavy atom. The number of nitrogens with one attached hydrogen (secondary N) is 2. The number of benzene rings is 1. The number of nitrogens with zero attached hydrogens (tertiary/aromatic N) is 1. The quantitative estimate of drug-likeness (QED) is 0.245. The molecule has 0 heterocycles. The number of aliphatic imine (C=N–C) groups is 1. The van der Waals surface area contributed by atoms with E-state index in [0.29, 0.717) is 24.0 Å². The maximum absolute atomic E-state index is 12.7. The van der Waals surface area contributed by atoms with Crippen molar-refractivity contribution in [3.8, 4) is 0 Å². The highest BCUT2D eigenvalue weighted by Gasteiger charge is 2.31. The Morgan fingerprint density at radius 2 is 2.14 bits per heavy atom. The third kappa shape index (κ3) is 5.90. The monoisotopic (exact) mass is 368 g/mol. The summed E-state index contributed by atoms with van der Waals surface area (Å²) in [5.74, 6) is 5.47. The highest BCUT2D eigenvalue weighted by molar-refractivity contribution is 9.10. The van der Waals surface area contributed by atoms with E-state index < -0.39 is 11.7 Å². The topological polar surface area (TPSA) is 71.7 Å². The predicted molar refractivity (Wildman–Crippen MR) is 78.9 cm³/mol. The van der Waals surface area contributed by atoms with Gasteiger partial charge in [0, 0.05) is 24.7 Å². The molecule has 0 fully saturated rings. The van der Waals surface area contributed by atoms with Crippen molar-refractivity contribution in [1.29, 1.82) is 0 Å². The second-order valence-electron chi connectivity index (χ2n) is 4.04. The average Bonchev–Trinajstić information content (AvgIpc) is 2.43. The summed E-state index contributed by atoms with van der Waals surface area (Å²) >= 11 is 3.17. The summed E-state index contributed by atoms with van der Waals surface area (Å²) in [6.07, 6.45) is -3.74. The van der Waals surface area contributed by atoms with Gasteiger partial charge in [-0.25, -0.2) is 5.84 Å². The minimum Gasteiger partial charge on any atom is -0.385 e. The van der Waals surface area contributed by atoms with Gasteiger partial charge in [0.1, 0.15) is 0 Å². The molecule has 0 aliphatic rings. The summed E-state index contributed by atoms with van der Waals surface area (Å²) < 4.78 is 43.4. The van der Waals surface area contributed by atoms with Crippen molar-refractivity contribution in [3.05, 3.63) is 28.2 Å². The summed E-state index contributed by atoms with van der Waals surface area (Å²) in [6, 6.07) is 3.27. The van der Waals surface area contributed by atoms with Crippen molar-refractivity contribution >= 4 is 27.6 Å². The first-order valence-electron chi connectivity index (χ1n) is 6.02. The zero-order chi connectivity index (χ0) is 15.9. The fraction of sp³-hybridized carbons (Fsp3) is 0.417. The molecule has 9 heteroatoms. The molecule has 0 bridgehead atoms. The summed E-state index contributed by atoms with van der Waals surface area (Å²) in [7, 11) is 1.57. The lowest BCUT2D eigenvalue weighted by atomic mass is 10.2. The van der Waals surface area contributed by atoms with Crippen LogP contribution in [-0.2, 0) is 10.9 Å². The molecule has 0 atom stereocenters. The number of halogens is 4. The molecule has 0 aromatic heterocycles. The summed E-state index contributed by atoms with van der Waals surface area (Å²) in [4.78, 5) is 4.10. The Bertz CT molecular complexity index is 494. The summed E-state index contributed by atoms with van der Waals surface area (Å²) in [5, 5.41) is 2.71. The van der Waals surface area contributed by atoms with Crippen LogP contribution < -0.4 is 16.6 Å². The fourth-order valence-corrected chi connectivity index (χ4v) is 1.79. The fourth-order valence-electron chi connectivity index (χ4n) is 1.45. The van der Waals surface area contributed by atoms with Gasteiger partial charge in [0.05, 0.1) is 11.3 Å². The first-order valence-corrected chi connectivity index (χ1v) is 6.81. The SMILES string of the molecule is COCCCN=C(NN)Nc1cc(C(F)(F)F)ccc1Br. The third-order valence-electron chi connectivity index (χ3n) is 2.46. The van der Waals surface area contributed by atoms with Crippen LogP contribution in [-0.4, -0.2) is 26.2 Å². The van der Waals surface area contributed by atoms with Crippen LogP contribution in [0.1, 0.15) is 12.0 Å².